The zero-order valence-corrected chi connectivity index (χ0v) is 11.0. The van der Waals surface area contributed by atoms with Crippen molar-refractivity contribution in [2.45, 2.75) is 37.6 Å². The molecule has 1 saturated carbocycles. The second kappa shape index (κ2) is 5.48. The Labute approximate surface area is 113 Å². The Morgan fingerprint density at radius 1 is 1.32 bits per heavy atom. The first-order valence-electron chi connectivity index (χ1n) is 6.65. The van der Waals surface area contributed by atoms with Gasteiger partial charge in [-0.15, -0.1) is 0 Å². The van der Waals surface area contributed by atoms with Gasteiger partial charge >= 0.3 is 0 Å². The number of aliphatic hydroxyl groups is 1. The maximum absolute atomic E-state index is 11.4. The van der Waals surface area contributed by atoms with Gasteiger partial charge in [0.2, 0.25) is 0 Å². The van der Waals surface area contributed by atoms with E-state index in [2.05, 4.69) is 5.32 Å². The lowest BCUT2D eigenvalue weighted by Gasteiger charge is -2.38. The average Bonchev–Trinajstić information content (AvgIpc) is 2.39. The van der Waals surface area contributed by atoms with Crippen LogP contribution in [0.1, 0.15) is 42.5 Å². The second-order valence-corrected chi connectivity index (χ2v) is 5.29. The highest BCUT2D eigenvalue weighted by atomic mass is 16.3. The van der Waals surface area contributed by atoms with Crippen molar-refractivity contribution in [3.05, 3.63) is 23.8 Å². The first-order valence-corrected chi connectivity index (χ1v) is 6.65. The maximum Gasteiger partial charge on any atom is 0.250 e. The van der Waals surface area contributed by atoms with Crippen LogP contribution in [-0.2, 0) is 0 Å². The van der Waals surface area contributed by atoms with Crippen LogP contribution in [-0.4, -0.2) is 23.2 Å². The number of primary amides is 1. The van der Waals surface area contributed by atoms with Gasteiger partial charge in [0, 0.05) is 11.4 Å². The molecule has 5 heteroatoms. The fourth-order valence-corrected chi connectivity index (χ4v) is 2.72. The number of aliphatic hydroxyl groups excluding tert-OH is 1. The van der Waals surface area contributed by atoms with E-state index in [4.69, 9.17) is 11.5 Å². The van der Waals surface area contributed by atoms with Crippen LogP contribution in [0, 0.1) is 0 Å². The van der Waals surface area contributed by atoms with Gasteiger partial charge in [0.05, 0.1) is 17.7 Å². The van der Waals surface area contributed by atoms with Gasteiger partial charge in [-0.2, -0.15) is 0 Å². The highest BCUT2D eigenvalue weighted by Gasteiger charge is 2.32. The van der Waals surface area contributed by atoms with Gasteiger partial charge in [0.15, 0.2) is 0 Å². The van der Waals surface area contributed by atoms with Crippen LogP contribution in [0.4, 0.5) is 11.4 Å². The lowest BCUT2D eigenvalue weighted by molar-refractivity contribution is 0.100. The number of benzene rings is 1. The Morgan fingerprint density at radius 2 is 2.00 bits per heavy atom. The topological polar surface area (TPSA) is 101 Å². The van der Waals surface area contributed by atoms with E-state index in [0.717, 1.165) is 25.7 Å². The number of nitrogens with one attached hydrogen (secondary N) is 1. The van der Waals surface area contributed by atoms with Crippen molar-refractivity contribution in [2.75, 3.05) is 17.7 Å². The summed E-state index contributed by atoms with van der Waals surface area (Å²) in [5.74, 6) is -0.494. The van der Waals surface area contributed by atoms with E-state index in [-0.39, 0.29) is 12.1 Å². The minimum Gasteiger partial charge on any atom is -0.399 e. The lowest BCUT2D eigenvalue weighted by Crippen LogP contribution is -2.44. The zero-order valence-electron chi connectivity index (χ0n) is 11.0. The number of nitrogen functional groups attached to an aromatic ring is 1. The predicted molar refractivity (Wildman–Crippen MR) is 75.9 cm³/mol. The summed E-state index contributed by atoms with van der Waals surface area (Å²) in [5.41, 5.74) is 12.4. The van der Waals surface area contributed by atoms with E-state index < -0.39 is 5.91 Å². The van der Waals surface area contributed by atoms with Gasteiger partial charge in [-0.3, -0.25) is 4.79 Å². The normalized spacial score (nSPS) is 17.9. The van der Waals surface area contributed by atoms with Crippen LogP contribution >= 0.6 is 0 Å². The Balaban J connectivity index is 2.30. The molecule has 104 valence electrons. The molecule has 5 nitrogen and oxygen atoms in total. The number of carbonyl (C=O) groups excluding carboxylic acids is 1. The molecule has 19 heavy (non-hydrogen) atoms. The van der Waals surface area contributed by atoms with E-state index >= 15 is 0 Å². The minimum atomic E-state index is -0.494. The molecule has 1 amide bonds. The molecule has 0 aliphatic heterocycles. The summed E-state index contributed by atoms with van der Waals surface area (Å²) in [5, 5.41) is 13.0. The minimum absolute atomic E-state index is 0.0417. The molecule has 0 atom stereocenters. The average molecular weight is 263 g/mol. The van der Waals surface area contributed by atoms with Crippen LogP contribution < -0.4 is 16.8 Å². The first-order chi connectivity index (χ1) is 9.06. The molecule has 0 spiro atoms. The third kappa shape index (κ3) is 2.98. The molecule has 0 radical (unpaired) electrons. The molecule has 0 unspecified atom stereocenters. The molecule has 1 aromatic rings. The van der Waals surface area contributed by atoms with Crippen LogP contribution in [0.5, 0.6) is 0 Å². The predicted octanol–water partition coefficient (Wildman–Crippen LogP) is 1.47. The van der Waals surface area contributed by atoms with Crippen LogP contribution in [0.15, 0.2) is 18.2 Å². The van der Waals surface area contributed by atoms with E-state index in [0.29, 0.717) is 16.9 Å². The summed E-state index contributed by atoms with van der Waals surface area (Å²) >= 11 is 0. The fraction of sp³-hybridized carbons (Fsp3) is 0.500. The maximum atomic E-state index is 11.4. The summed E-state index contributed by atoms with van der Waals surface area (Å²) in [6, 6.07) is 4.97. The van der Waals surface area contributed by atoms with Gasteiger partial charge in [-0.05, 0) is 31.0 Å². The van der Waals surface area contributed by atoms with Gasteiger partial charge in [0.25, 0.3) is 5.91 Å². The van der Waals surface area contributed by atoms with Crippen molar-refractivity contribution in [1.82, 2.24) is 0 Å². The quantitative estimate of drug-likeness (QED) is 0.618. The van der Waals surface area contributed by atoms with Crippen LogP contribution in [0.2, 0.25) is 0 Å². The number of carbonyl (C=O) groups is 1. The largest absolute Gasteiger partial charge is 0.399 e. The number of anilines is 2. The lowest BCUT2D eigenvalue weighted by atomic mass is 9.82. The van der Waals surface area contributed by atoms with E-state index in [1.54, 1.807) is 18.2 Å². The van der Waals surface area contributed by atoms with Crippen LogP contribution in [0.3, 0.4) is 0 Å². The molecular weight excluding hydrogens is 242 g/mol. The molecule has 0 aromatic heterocycles. The SMILES string of the molecule is NC(=O)c1ccc(N)cc1NC1(CO)CCCCC1. The number of nitrogens with two attached hydrogens (primary N) is 2. The molecule has 1 aromatic carbocycles. The van der Waals surface area contributed by atoms with Crippen molar-refractivity contribution in [3.63, 3.8) is 0 Å². The molecule has 1 aliphatic rings. The smallest absolute Gasteiger partial charge is 0.250 e. The molecule has 2 rings (SSSR count). The van der Waals surface area contributed by atoms with Gasteiger partial charge in [-0.25, -0.2) is 0 Å². The summed E-state index contributed by atoms with van der Waals surface area (Å²) in [7, 11) is 0. The number of amides is 1. The van der Waals surface area contributed by atoms with Crippen molar-refractivity contribution < 1.29 is 9.90 Å². The molecule has 0 saturated heterocycles. The summed E-state index contributed by atoms with van der Waals surface area (Å²) < 4.78 is 0. The Morgan fingerprint density at radius 3 is 2.58 bits per heavy atom. The Bertz CT molecular complexity index is 468. The van der Waals surface area contributed by atoms with Crippen molar-refractivity contribution in [3.8, 4) is 0 Å². The number of hydrogen-bond acceptors (Lipinski definition) is 4. The summed E-state index contributed by atoms with van der Waals surface area (Å²) in [4.78, 5) is 11.4. The molecule has 1 aliphatic carbocycles. The fourth-order valence-electron chi connectivity index (χ4n) is 2.72. The third-order valence-electron chi connectivity index (χ3n) is 3.82. The molecule has 1 fully saturated rings. The monoisotopic (exact) mass is 263 g/mol. The molecule has 0 heterocycles. The first kappa shape index (κ1) is 13.7. The van der Waals surface area contributed by atoms with E-state index in [9.17, 15) is 9.90 Å². The Hall–Kier alpha value is -1.75. The second-order valence-electron chi connectivity index (χ2n) is 5.29. The summed E-state index contributed by atoms with van der Waals surface area (Å²) in [6.07, 6.45) is 5.10. The number of hydrogen-bond donors (Lipinski definition) is 4. The highest BCUT2D eigenvalue weighted by Crippen LogP contribution is 2.33. The van der Waals surface area contributed by atoms with Gasteiger partial charge in [0.1, 0.15) is 0 Å². The standard InChI is InChI=1S/C14H21N3O2/c15-10-4-5-11(13(16)19)12(8-10)17-14(9-18)6-2-1-3-7-14/h4-5,8,17-18H,1-3,6-7,9,15H2,(H2,16,19). The van der Waals surface area contributed by atoms with Crippen LogP contribution in [0.25, 0.3) is 0 Å². The van der Waals surface area contributed by atoms with Crippen molar-refractivity contribution >= 4 is 17.3 Å². The van der Waals surface area contributed by atoms with E-state index in [1.807, 2.05) is 0 Å². The van der Waals surface area contributed by atoms with E-state index in [1.165, 1.54) is 6.42 Å². The number of rotatable bonds is 4. The molecule has 0 bridgehead atoms. The van der Waals surface area contributed by atoms with Gasteiger partial charge < -0.3 is 21.9 Å². The Kier molecular flexibility index (Phi) is 3.95. The van der Waals surface area contributed by atoms with Crippen molar-refractivity contribution in [1.29, 1.82) is 0 Å². The highest BCUT2D eigenvalue weighted by molar-refractivity contribution is 5.99. The van der Waals surface area contributed by atoms with Crippen molar-refractivity contribution in [2.24, 2.45) is 5.73 Å². The van der Waals surface area contributed by atoms with Gasteiger partial charge in [-0.1, -0.05) is 19.3 Å². The zero-order chi connectivity index (χ0) is 13.9. The molecular formula is C14H21N3O2. The molecule has 6 N–H and O–H groups in total. The third-order valence-corrected chi connectivity index (χ3v) is 3.82. The summed E-state index contributed by atoms with van der Waals surface area (Å²) in [6.45, 7) is 0.0417.